The van der Waals surface area contributed by atoms with Gasteiger partial charge in [0.1, 0.15) is 12.1 Å². The number of urea groups is 1. The maximum absolute atomic E-state index is 13.1. The van der Waals surface area contributed by atoms with Crippen LogP contribution in [-0.2, 0) is 26.6 Å². The molecule has 0 saturated heterocycles. The lowest BCUT2D eigenvalue weighted by atomic mass is 9.78. The second-order valence-electron chi connectivity index (χ2n) is 7.93. The van der Waals surface area contributed by atoms with Gasteiger partial charge in [-0.05, 0) is 48.4 Å². The molecule has 28 heavy (non-hydrogen) atoms. The average Bonchev–Trinajstić information content (AvgIpc) is 3.16. The zero-order valence-corrected chi connectivity index (χ0v) is 16.7. The number of amides is 2. The zero-order valence-electron chi connectivity index (χ0n) is 16.7. The lowest BCUT2D eigenvalue weighted by Gasteiger charge is -2.42. The first-order valence-electron chi connectivity index (χ1n) is 10.2. The first kappa shape index (κ1) is 18.8. The summed E-state index contributed by atoms with van der Waals surface area (Å²) in [5, 5.41) is 7.28. The molecule has 150 valence electrons. The number of methoxy groups -OCH3 is 1. The molecule has 4 rings (SSSR count). The summed E-state index contributed by atoms with van der Waals surface area (Å²) in [4.78, 5) is 19.3. The van der Waals surface area contributed by atoms with E-state index >= 15 is 0 Å². The molecule has 1 unspecified atom stereocenters. The molecule has 1 aromatic carbocycles. The molecule has 2 heterocycles. The molecule has 7 nitrogen and oxygen atoms in total. The van der Waals surface area contributed by atoms with E-state index in [4.69, 9.17) is 4.74 Å². The minimum Gasteiger partial charge on any atom is -0.497 e. The predicted molar refractivity (Wildman–Crippen MR) is 106 cm³/mol. The summed E-state index contributed by atoms with van der Waals surface area (Å²) in [6.45, 7) is 0.966. The molecule has 2 aliphatic rings. The largest absolute Gasteiger partial charge is 0.497 e. The standard InChI is InChI=1S/C21H29N5O2/c1-25-14-23-20(24-25)12-22-21(27)26-13-17-10-18(28-2)9-8-16(17)11-19(26)15-6-4-3-5-7-15/h8-10,14-15,19H,3-7,11-13H2,1-2H3,(H,22,27). The summed E-state index contributed by atoms with van der Waals surface area (Å²) in [6, 6.07) is 6.47. The third kappa shape index (κ3) is 3.98. The fourth-order valence-corrected chi connectivity index (χ4v) is 4.60. The van der Waals surface area contributed by atoms with Gasteiger partial charge >= 0.3 is 6.03 Å². The van der Waals surface area contributed by atoms with E-state index in [2.05, 4.69) is 27.5 Å². The number of nitrogens with one attached hydrogen (secondary N) is 1. The Morgan fingerprint density at radius 1 is 1.25 bits per heavy atom. The van der Waals surface area contributed by atoms with Gasteiger partial charge < -0.3 is 15.0 Å². The van der Waals surface area contributed by atoms with Crippen molar-refractivity contribution in [2.24, 2.45) is 13.0 Å². The molecule has 1 aliphatic carbocycles. The van der Waals surface area contributed by atoms with Crippen LogP contribution in [0.25, 0.3) is 0 Å². The van der Waals surface area contributed by atoms with Gasteiger partial charge in [-0.15, -0.1) is 0 Å². The Kier molecular flexibility index (Phi) is 5.50. The Morgan fingerprint density at radius 2 is 2.07 bits per heavy atom. The Morgan fingerprint density at radius 3 is 2.79 bits per heavy atom. The third-order valence-corrected chi connectivity index (χ3v) is 6.08. The molecule has 0 radical (unpaired) electrons. The van der Waals surface area contributed by atoms with Crippen molar-refractivity contribution in [2.45, 2.75) is 57.7 Å². The fraction of sp³-hybridized carbons (Fsp3) is 0.571. The maximum atomic E-state index is 13.1. The van der Waals surface area contributed by atoms with Crippen LogP contribution in [0.4, 0.5) is 4.79 Å². The van der Waals surface area contributed by atoms with Gasteiger partial charge in [-0.25, -0.2) is 9.78 Å². The van der Waals surface area contributed by atoms with Crippen LogP contribution >= 0.6 is 0 Å². The second-order valence-corrected chi connectivity index (χ2v) is 7.93. The fourth-order valence-electron chi connectivity index (χ4n) is 4.60. The van der Waals surface area contributed by atoms with Crippen LogP contribution in [0.1, 0.15) is 49.1 Å². The van der Waals surface area contributed by atoms with E-state index in [0.29, 0.717) is 24.8 Å². The highest BCUT2D eigenvalue weighted by Gasteiger charge is 2.35. The Hall–Kier alpha value is -2.57. The monoisotopic (exact) mass is 383 g/mol. The summed E-state index contributed by atoms with van der Waals surface area (Å²) >= 11 is 0. The topological polar surface area (TPSA) is 72.3 Å². The van der Waals surface area contributed by atoms with Crippen LogP contribution in [0, 0.1) is 5.92 Å². The lowest BCUT2D eigenvalue weighted by molar-refractivity contribution is 0.116. The van der Waals surface area contributed by atoms with Crippen LogP contribution in [0.15, 0.2) is 24.5 Å². The number of hydrogen-bond acceptors (Lipinski definition) is 4. The van der Waals surface area contributed by atoms with Gasteiger partial charge in [0.05, 0.1) is 13.7 Å². The molecule has 1 saturated carbocycles. The second kappa shape index (κ2) is 8.20. The molecule has 1 aliphatic heterocycles. The van der Waals surface area contributed by atoms with E-state index in [-0.39, 0.29) is 12.1 Å². The summed E-state index contributed by atoms with van der Waals surface area (Å²) in [5.74, 6) is 2.04. The van der Waals surface area contributed by atoms with Gasteiger partial charge in [0.2, 0.25) is 0 Å². The van der Waals surface area contributed by atoms with Crippen LogP contribution < -0.4 is 10.1 Å². The molecule has 0 spiro atoms. The number of rotatable bonds is 4. The lowest BCUT2D eigenvalue weighted by Crippen LogP contribution is -2.52. The molecule has 2 aromatic rings. The Balaban J connectivity index is 1.53. The minimum atomic E-state index is -0.0310. The first-order chi connectivity index (χ1) is 13.6. The molecule has 1 aromatic heterocycles. The van der Waals surface area contributed by atoms with Gasteiger partial charge in [0.15, 0.2) is 5.82 Å². The number of nitrogens with zero attached hydrogens (tertiary/aromatic N) is 4. The number of fused-ring (bicyclic) bond motifs is 1. The predicted octanol–water partition coefficient (Wildman–Crippen LogP) is 3.04. The van der Waals surface area contributed by atoms with E-state index in [1.807, 2.05) is 18.0 Å². The number of hydrogen-bond donors (Lipinski definition) is 1. The van der Waals surface area contributed by atoms with Crippen molar-refractivity contribution >= 4 is 6.03 Å². The van der Waals surface area contributed by atoms with Crippen molar-refractivity contribution in [3.8, 4) is 5.75 Å². The highest BCUT2D eigenvalue weighted by atomic mass is 16.5. The van der Waals surface area contributed by atoms with Crippen LogP contribution in [0.3, 0.4) is 0 Å². The molecule has 1 fully saturated rings. The molecular formula is C21H29N5O2. The highest BCUT2D eigenvalue weighted by molar-refractivity contribution is 5.75. The minimum absolute atomic E-state index is 0.0310. The van der Waals surface area contributed by atoms with E-state index in [9.17, 15) is 4.79 Å². The Labute approximate surface area is 166 Å². The molecule has 1 N–H and O–H groups in total. The van der Waals surface area contributed by atoms with E-state index < -0.39 is 0 Å². The number of aromatic nitrogens is 3. The van der Waals surface area contributed by atoms with E-state index in [0.717, 1.165) is 12.2 Å². The van der Waals surface area contributed by atoms with Gasteiger partial charge in [0.25, 0.3) is 0 Å². The normalized spacial score (nSPS) is 19.9. The summed E-state index contributed by atoms with van der Waals surface area (Å²) < 4.78 is 7.04. The van der Waals surface area contributed by atoms with Gasteiger partial charge in [0, 0.05) is 19.6 Å². The van der Waals surface area contributed by atoms with Gasteiger partial charge in [-0.2, -0.15) is 5.10 Å². The smallest absolute Gasteiger partial charge is 0.318 e. The van der Waals surface area contributed by atoms with E-state index in [1.165, 1.54) is 43.2 Å². The van der Waals surface area contributed by atoms with Crippen LogP contribution in [0.5, 0.6) is 5.75 Å². The number of carbonyl (C=O) groups is 1. The third-order valence-electron chi connectivity index (χ3n) is 6.08. The van der Waals surface area contributed by atoms with Crippen molar-refractivity contribution in [3.05, 3.63) is 41.5 Å². The molecule has 7 heteroatoms. The van der Waals surface area contributed by atoms with Crippen LogP contribution in [-0.4, -0.2) is 38.8 Å². The van der Waals surface area contributed by atoms with Crippen LogP contribution in [0.2, 0.25) is 0 Å². The SMILES string of the molecule is COc1ccc2c(c1)CN(C(=O)NCc1ncn(C)n1)C(C1CCCCC1)C2. The summed E-state index contributed by atoms with van der Waals surface area (Å²) in [7, 11) is 3.51. The van der Waals surface area contributed by atoms with Crippen molar-refractivity contribution < 1.29 is 9.53 Å². The van der Waals surface area contributed by atoms with Crippen molar-refractivity contribution in [1.29, 1.82) is 0 Å². The molecule has 1 atom stereocenters. The number of aryl methyl sites for hydroxylation is 1. The quantitative estimate of drug-likeness (QED) is 0.881. The summed E-state index contributed by atoms with van der Waals surface area (Å²) in [6.07, 6.45) is 8.83. The Bertz CT molecular complexity index is 828. The molecule has 0 bridgehead atoms. The van der Waals surface area contributed by atoms with Crippen molar-refractivity contribution in [2.75, 3.05) is 7.11 Å². The zero-order chi connectivity index (χ0) is 19.5. The maximum Gasteiger partial charge on any atom is 0.318 e. The average molecular weight is 383 g/mol. The number of benzene rings is 1. The first-order valence-corrected chi connectivity index (χ1v) is 10.2. The van der Waals surface area contributed by atoms with Crippen molar-refractivity contribution in [3.63, 3.8) is 0 Å². The summed E-state index contributed by atoms with van der Waals surface area (Å²) in [5.41, 5.74) is 2.52. The van der Waals surface area contributed by atoms with Gasteiger partial charge in [-0.1, -0.05) is 25.3 Å². The van der Waals surface area contributed by atoms with E-state index in [1.54, 1.807) is 18.1 Å². The highest BCUT2D eigenvalue weighted by Crippen LogP contribution is 2.36. The number of carbonyl (C=O) groups excluding carboxylic acids is 1. The molecular weight excluding hydrogens is 354 g/mol. The van der Waals surface area contributed by atoms with Gasteiger partial charge in [-0.3, -0.25) is 4.68 Å². The molecule has 2 amide bonds. The van der Waals surface area contributed by atoms with Crippen molar-refractivity contribution in [1.82, 2.24) is 25.0 Å². The number of ether oxygens (including phenoxy) is 1.